The van der Waals surface area contributed by atoms with Gasteiger partial charge in [0.2, 0.25) is 0 Å². The van der Waals surface area contributed by atoms with Crippen molar-refractivity contribution >= 4 is 21.7 Å². The predicted molar refractivity (Wildman–Crippen MR) is 53.7 cm³/mol. The highest BCUT2D eigenvalue weighted by Gasteiger charge is 2.01. The second kappa shape index (κ2) is 3.85. The number of nitrogens with zero attached hydrogens (tertiary/aromatic N) is 3. The Labute approximate surface area is 81.0 Å². The van der Waals surface area contributed by atoms with Gasteiger partial charge in [-0.25, -0.2) is 9.97 Å². The molecule has 66 valence electrons. The molecule has 0 aliphatic carbocycles. The van der Waals surface area contributed by atoms with Crippen molar-refractivity contribution in [2.75, 3.05) is 19.0 Å². The van der Waals surface area contributed by atoms with Crippen LogP contribution >= 0.6 is 15.9 Å². The Bertz CT molecular complexity index is 273. The van der Waals surface area contributed by atoms with Crippen molar-refractivity contribution in [2.24, 2.45) is 0 Å². The van der Waals surface area contributed by atoms with Crippen molar-refractivity contribution in [3.05, 3.63) is 17.6 Å². The molecule has 12 heavy (non-hydrogen) atoms. The number of rotatable bonds is 2. The van der Waals surface area contributed by atoms with Crippen molar-refractivity contribution in [3.63, 3.8) is 0 Å². The first-order valence-corrected chi connectivity index (χ1v) is 4.83. The standard InChI is InChI=1S/C8H12BrN3/c1-6-10-7(5-9)4-8(11-6)12(2)3/h4H,5H2,1-3H3. The maximum absolute atomic E-state index is 4.28. The Morgan fingerprint density at radius 3 is 2.58 bits per heavy atom. The molecule has 1 heterocycles. The molecule has 1 aromatic rings. The van der Waals surface area contributed by atoms with E-state index in [1.54, 1.807) is 0 Å². The fourth-order valence-corrected chi connectivity index (χ4v) is 1.20. The lowest BCUT2D eigenvalue weighted by molar-refractivity contribution is 0.960. The second-order valence-electron chi connectivity index (χ2n) is 2.79. The van der Waals surface area contributed by atoms with Gasteiger partial charge < -0.3 is 4.90 Å². The molecule has 0 amide bonds. The van der Waals surface area contributed by atoms with E-state index in [0.717, 1.165) is 22.7 Å². The van der Waals surface area contributed by atoms with Crippen LogP contribution in [0.3, 0.4) is 0 Å². The molecule has 0 unspecified atom stereocenters. The summed E-state index contributed by atoms with van der Waals surface area (Å²) in [6.45, 7) is 1.90. The number of alkyl halides is 1. The maximum atomic E-state index is 4.28. The number of aryl methyl sites for hydroxylation is 1. The van der Waals surface area contributed by atoms with Crippen molar-refractivity contribution in [1.82, 2.24) is 9.97 Å². The third-order valence-corrected chi connectivity index (χ3v) is 2.05. The van der Waals surface area contributed by atoms with Crippen LogP contribution in [0, 0.1) is 6.92 Å². The van der Waals surface area contributed by atoms with E-state index in [0.29, 0.717) is 0 Å². The first-order valence-electron chi connectivity index (χ1n) is 3.71. The van der Waals surface area contributed by atoms with Crippen LogP contribution in [0.5, 0.6) is 0 Å². The maximum Gasteiger partial charge on any atom is 0.132 e. The normalized spacial score (nSPS) is 10.0. The lowest BCUT2D eigenvalue weighted by Crippen LogP contribution is -2.12. The summed E-state index contributed by atoms with van der Waals surface area (Å²) in [5.74, 6) is 1.77. The lowest BCUT2D eigenvalue weighted by atomic mass is 10.4. The van der Waals surface area contributed by atoms with Gasteiger partial charge in [-0.2, -0.15) is 0 Å². The van der Waals surface area contributed by atoms with Gasteiger partial charge in [0.05, 0.1) is 5.69 Å². The minimum Gasteiger partial charge on any atom is -0.363 e. The van der Waals surface area contributed by atoms with Crippen LogP contribution in [0.1, 0.15) is 11.5 Å². The molecule has 0 fully saturated rings. The highest BCUT2D eigenvalue weighted by molar-refractivity contribution is 9.08. The molecule has 0 bridgehead atoms. The monoisotopic (exact) mass is 229 g/mol. The Morgan fingerprint density at radius 1 is 1.42 bits per heavy atom. The van der Waals surface area contributed by atoms with E-state index in [2.05, 4.69) is 25.9 Å². The molecule has 0 saturated carbocycles. The molecule has 3 nitrogen and oxygen atoms in total. The van der Waals surface area contributed by atoms with Crippen LogP contribution in [0.15, 0.2) is 6.07 Å². The lowest BCUT2D eigenvalue weighted by Gasteiger charge is -2.12. The summed E-state index contributed by atoms with van der Waals surface area (Å²) in [5, 5.41) is 0.775. The molecule has 0 aliphatic heterocycles. The van der Waals surface area contributed by atoms with Gasteiger partial charge in [-0.1, -0.05) is 15.9 Å². The molecule has 0 atom stereocenters. The Kier molecular flexibility index (Phi) is 3.03. The molecule has 0 aliphatic rings. The summed E-state index contributed by atoms with van der Waals surface area (Å²) in [6, 6.07) is 1.97. The van der Waals surface area contributed by atoms with Crippen LogP contribution in [-0.2, 0) is 5.33 Å². The first-order chi connectivity index (χ1) is 5.63. The van der Waals surface area contributed by atoms with E-state index in [-0.39, 0.29) is 0 Å². The largest absolute Gasteiger partial charge is 0.363 e. The molecule has 1 aromatic heterocycles. The van der Waals surface area contributed by atoms with Gasteiger partial charge in [0.25, 0.3) is 0 Å². The van der Waals surface area contributed by atoms with Crippen molar-refractivity contribution in [1.29, 1.82) is 0 Å². The third-order valence-electron chi connectivity index (χ3n) is 1.47. The number of aromatic nitrogens is 2. The zero-order valence-corrected chi connectivity index (χ0v) is 9.09. The molecule has 0 aromatic carbocycles. The minimum atomic E-state index is 0.775. The summed E-state index contributed by atoms with van der Waals surface area (Å²) in [7, 11) is 3.94. The van der Waals surface area contributed by atoms with E-state index in [4.69, 9.17) is 0 Å². The fourth-order valence-electron chi connectivity index (χ4n) is 0.910. The van der Waals surface area contributed by atoms with E-state index < -0.39 is 0 Å². The zero-order chi connectivity index (χ0) is 9.14. The summed E-state index contributed by atoms with van der Waals surface area (Å²) in [5.41, 5.74) is 1.02. The Balaban J connectivity index is 3.06. The number of halogens is 1. The number of hydrogen-bond acceptors (Lipinski definition) is 3. The summed E-state index contributed by atoms with van der Waals surface area (Å²) >= 11 is 3.37. The van der Waals surface area contributed by atoms with Crippen LogP contribution in [0.4, 0.5) is 5.82 Å². The molecule has 1 rings (SSSR count). The topological polar surface area (TPSA) is 29.0 Å². The van der Waals surface area contributed by atoms with Gasteiger partial charge in [0.15, 0.2) is 0 Å². The first kappa shape index (κ1) is 9.45. The predicted octanol–water partition coefficient (Wildman–Crippen LogP) is 1.75. The Morgan fingerprint density at radius 2 is 2.08 bits per heavy atom. The van der Waals surface area contributed by atoms with E-state index in [9.17, 15) is 0 Å². The second-order valence-corrected chi connectivity index (χ2v) is 3.35. The van der Waals surface area contributed by atoms with Gasteiger partial charge in [-0.15, -0.1) is 0 Å². The minimum absolute atomic E-state index is 0.775. The quantitative estimate of drug-likeness (QED) is 0.724. The number of hydrogen-bond donors (Lipinski definition) is 0. The van der Waals surface area contributed by atoms with Crippen LogP contribution in [0.25, 0.3) is 0 Å². The molecular weight excluding hydrogens is 218 g/mol. The van der Waals surface area contributed by atoms with Crippen LogP contribution in [0.2, 0.25) is 0 Å². The van der Waals surface area contributed by atoms with E-state index >= 15 is 0 Å². The molecule has 0 saturated heterocycles. The summed E-state index contributed by atoms with van der Waals surface area (Å²) in [6.07, 6.45) is 0. The zero-order valence-electron chi connectivity index (χ0n) is 7.50. The van der Waals surface area contributed by atoms with Crippen molar-refractivity contribution < 1.29 is 0 Å². The summed E-state index contributed by atoms with van der Waals surface area (Å²) in [4.78, 5) is 10.5. The highest BCUT2D eigenvalue weighted by Crippen LogP contribution is 2.11. The molecule has 0 spiro atoms. The molecule has 0 radical (unpaired) electrons. The van der Waals surface area contributed by atoms with Crippen molar-refractivity contribution in [3.8, 4) is 0 Å². The average Bonchev–Trinajstić information content (AvgIpc) is 2.03. The van der Waals surface area contributed by atoms with Crippen LogP contribution in [-0.4, -0.2) is 24.1 Å². The van der Waals surface area contributed by atoms with Gasteiger partial charge in [-0.05, 0) is 6.92 Å². The molecule has 0 N–H and O–H groups in total. The van der Waals surface area contributed by atoms with Gasteiger partial charge in [0.1, 0.15) is 11.6 Å². The van der Waals surface area contributed by atoms with E-state index in [1.807, 2.05) is 32.0 Å². The number of anilines is 1. The smallest absolute Gasteiger partial charge is 0.132 e. The highest BCUT2D eigenvalue weighted by atomic mass is 79.9. The third kappa shape index (κ3) is 2.17. The fraction of sp³-hybridized carbons (Fsp3) is 0.500. The van der Waals surface area contributed by atoms with Crippen LogP contribution < -0.4 is 4.90 Å². The Hall–Kier alpha value is -0.640. The van der Waals surface area contributed by atoms with Gasteiger partial charge in [-0.3, -0.25) is 0 Å². The summed E-state index contributed by atoms with van der Waals surface area (Å²) < 4.78 is 0. The van der Waals surface area contributed by atoms with Gasteiger partial charge >= 0.3 is 0 Å². The van der Waals surface area contributed by atoms with Crippen molar-refractivity contribution in [2.45, 2.75) is 12.3 Å². The van der Waals surface area contributed by atoms with E-state index in [1.165, 1.54) is 0 Å². The SMILES string of the molecule is Cc1nc(CBr)cc(N(C)C)n1. The molecule has 4 heteroatoms. The van der Waals surface area contributed by atoms with Gasteiger partial charge in [0, 0.05) is 25.5 Å². The average molecular weight is 230 g/mol. The molecular formula is C8H12BrN3.